The van der Waals surface area contributed by atoms with Crippen LogP contribution in [0.2, 0.25) is 5.02 Å². The van der Waals surface area contributed by atoms with Gasteiger partial charge in [0, 0.05) is 43.8 Å². The molecule has 2 aromatic rings. The molecule has 4 rings (SSSR count). The first-order valence-electron chi connectivity index (χ1n) is 12.1. The van der Waals surface area contributed by atoms with Crippen LogP contribution in [0.15, 0.2) is 30.3 Å². The highest BCUT2D eigenvalue weighted by atomic mass is 35.5. The lowest BCUT2D eigenvalue weighted by Crippen LogP contribution is -2.39. The number of thiocarbonyl (C=S) groups is 1. The highest BCUT2D eigenvalue weighted by Gasteiger charge is 2.24. The molecule has 2 saturated heterocycles. The number of halogens is 1. The number of aromatic nitrogens is 2. The third kappa shape index (κ3) is 6.70. The fourth-order valence-corrected chi connectivity index (χ4v) is 5.28. The van der Waals surface area contributed by atoms with Gasteiger partial charge in [0.15, 0.2) is 5.11 Å². The van der Waals surface area contributed by atoms with E-state index in [1.54, 1.807) is 0 Å². The molecule has 2 fully saturated rings. The lowest BCUT2D eigenvalue weighted by Gasteiger charge is -2.36. The summed E-state index contributed by atoms with van der Waals surface area (Å²) < 4.78 is 0. The number of anilines is 3. The molecule has 2 aliphatic heterocycles. The van der Waals surface area contributed by atoms with E-state index in [0.717, 1.165) is 48.4 Å². The molecule has 2 N–H and O–H groups in total. The molecule has 0 radical (unpaired) electrons. The van der Waals surface area contributed by atoms with Gasteiger partial charge in [0.2, 0.25) is 5.95 Å². The van der Waals surface area contributed by atoms with Gasteiger partial charge in [-0.05, 0) is 54.9 Å². The summed E-state index contributed by atoms with van der Waals surface area (Å²) in [5, 5.41) is 7.69. The zero-order chi connectivity index (χ0) is 23.2. The molecule has 1 aromatic carbocycles. The van der Waals surface area contributed by atoms with Crippen molar-refractivity contribution < 1.29 is 0 Å². The molecule has 178 valence electrons. The van der Waals surface area contributed by atoms with E-state index in [9.17, 15) is 0 Å². The van der Waals surface area contributed by atoms with Gasteiger partial charge in [-0.15, -0.1) is 0 Å². The van der Waals surface area contributed by atoms with E-state index in [2.05, 4.69) is 40.3 Å². The second kappa shape index (κ2) is 11.3. The Bertz CT molecular complexity index is 936. The number of benzene rings is 1. The molecule has 2 atom stereocenters. The van der Waals surface area contributed by atoms with Gasteiger partial charge in [-0.2, -0.15) is 9.97 Å². The molecule has 6 nitrogen and oxygen atoms in total. The average molecular weight is 487 g/mol. The molecule has 0 aliphatic carbocycles. The summed E-state index contributed by atoms with van der Waals surface area (Å²) in [5.74, 6) is 3.83. The van der Waals surface area contributed by atoms with Gasteiger partial charge in [-0.3, -0.25) is 0 Å². The maximum Gasteiger partial charge on any atom is 0.232 e. The Morgan fingerprint density at radius 3 is 2.30 bits per heavy atom. The van der Waals surface area contributed by atoms with Crippen LogP contribution in [0, 0.1) is 11.8 Å². The third-order valence-electron chi connectivity index (χ3n) is 6.44. The van der Waals surface area contributed by atoms with Gasteiger partial charge in [-0.25, -0.2) is 0 Å². The lowest BCUT2D eigenvalue weighted by atomic mass is 9.92. The Hall–Kier alpha value is -2.12. The second-order valence-corrected chi connectivity index (χ2v) is 10.4. The number of nitrogens with zero attached hydrogens (tertiary/aromatic N) is 4. The SMILES string of the molecule is C[C@@H]1C[C@H](C)CN(c2cc(N3CCCCCC3)nc(NC(=S)NCc3ccccc3Cl)n2)C1. The maximum absolute atomic E-state index is 6.28. The van der Waals surface area contributed by atoms with Crippen molar-refractivity contribution in [1.29, 1.82) is 0 Å². The molecule has 1 aromatic heterocycles. The van der Waals surface area contributed by atoms with E-state index in [4.69, 9.17) is 33.8 Å². The molecule has 0 bridgehead atoms. The van der Waals surface area contributed by atoms with Crippen LogP contribution in [0.5, 0.6) is 0 Å². The largest absolute Gasteiger partial charge is 0.358 e. The van der Waals surface area contributed by atoms with E-state index >= 15 is 0 Å². The Kier molecular flexibility index (Phi) is 8.25. The van der Waals surface area contributed by atoms with Crippen LogP contribution in [0.25, 0.3) is 0 Å². The van der Waals surface area contributed by atoms with E-state index < -0.39 is 0 Å². The lowest BCUT2D eigenvalue weighted by molar-refractivity contribution is 0.355. The summed E-state index contributed by atoms with van der Waals surface area (Å²) in [6, 6.07) is 9.94. The molecule has 0 unspecified atom stereocenters. The number of hydrogen-bond acceptors (Lipinski definition) is 5. The van der Waals surface area contributed by atoms with Crippen LogP contribution >= 0.6 is 23.8 Å². The van der Waals surface area contributed by atoms with Crippen molar-refractivity contribution in [2.45, 2.75) is 52.5 Å². The van der Waals surface area contributed by atoms with E-state index in [1.165, 1.54) is 32.1 Å². The van der Waals surface area contributed by atoms with E-state index in [1.807, 2.05) is 24.3 Å². The highest BCUT2D eigenvalue weighted by molar-refractivity contribution is 7.80. The summed E-state index contributed by atoms with van der Waals surface area (Å²) in [7, 11) is 0. The quantitative estimate of drug-likeness (QED) is 0.542. The smallest absolute Gasteiger partial charge is 0.232 e. The zero-order valence-corrected chi connectivity index (χ0v) is 21.3. The van der Waals surface area contributed by atoms with Crippen LogP contribution in [-0.4, -0.2) is 41.3 Å². The number of nitrogens with one attached hydrogen (secondary N) is 2. The van der Waals surface area contributed by atoms with Crippen molar-refractivity contribution in [1.82, 2.24) is 15.3 Å². The predicted molar refractivity (Wildman–Crippen MR) is 142 cm³/mol. The second-order valence-electron chi connectivity index (χ2n) is 9.56. The van der Waals surface area contributed by atoms with Crippen LogP contribution in [-0.2, 0) is 6.54 Å². The topological polar surface area (TPSA) is 56.3 Å². The minimum absolute atomic E-state index is 0.495. The predicted octanol–water partition coefficient (Wildman–Crippen LogP) is 5.48. The van der Waals surface area contributed by atoms with Gasteiger partial charge in [-0.1, -0.05) is 56.5 Å². The summed E-state index contributed by atoms with van der Waals surface area (Å²) in [4.78, 5) is 14.6. The van der Waals surface area contributed by atoms with Gasteiger partial charge < -0.3 is 20.4 Å². The van der Waals surface area contributed by atoms with Crippen molar-refractivity contribution in [3.63, 3.8) is 0 Å². The van der Waals surface area contributed by atoms with E-state index in [0.29, 0.717) is 29.4 Å². The Morgan fingerprint density at radius 2 is 1.64 bits per heavy atom. The molecule has 0 spiro atoms. The minimum atomic E-state index is 0.495. The molecule has 3 heterocycles. The summed E-state index contributed by atoms with van der Waals surface area (Å²) in [6.07, 6.45) is 6.25. The van der Waals surface area contributed by atoms with Gasteiger partial charge in [0.25, 0.3) is 0 Å². The first-order chi connectivity index (χ1) is 16.0. The zero-order valence-electron chi connectivity index (χ0n) is 19.7. The van der Waals surface area contributed by atoms with Crippen LogP contribution in [0.4, 0.5) is 17.6 Å². The van der Waals surface area contributed by atoms with Crippen molar-refractivity contribution in [3.05, 3.63) is 40.9 Å². The third-order valence-corrected chi connectivity index (χ3v) is 7.06. The number of piperidine rings is 1. The van der Waals surface area contributed by atoms with E-state index in [-0.39, 0.29) is 0 Å². The average Bonchev–Trinajstić information content (AvgIpc) is 3.07. The van der Waals surface area contributed by atoms with Gasteiger partial charge in [0.05, 0.1) is 0 Å². The Labute approximate surface area is 208 Å². The molecule has 33 heavy (non-hydrogen) atoms. The molecule has 0 saturated carbocycles. The highest BCUT2D eigenvalue weighted by Crippen LogP contribution is 2.29. The standard InChI is InChI=1S/C25H35ClN6S/c1-18-13-19(2)17-32(16-18)23-14-22(31-11-7-3-4-8-12-31)28-24(29-23)30-25(33)27-15-20-9-5-6-10-21(20)26/h5-6,9-10,14,18-19H,3-4,7-8,11-13,15-17H2,1-2H3,(H2,27,28,29,30,33)/t18-,19+. The normalized spacial score (nSPS) is 21.4. The molecular weight excluding hydrogens is 452 g/mol. The monoisotopic (exact) mass is 486 g/mol. The molecule has 2 aliphatic rings. The van der Waals surface area contributed by atoms with Crippen LogP contribution < -0.4 is 20.4 Å². The molecular formula is C25H35ClN6S. The number of hydrogen-bond donors (Lipinski definition) is 2. The summed E-state index contributed by atoms with van der Waals surface area (Å²) in [6.45, 7) is 9.32. The fraction of sp³-hybridized carbons (Fsp3) is 0.560. The van der Waals surface area contributed by atoms with Crippen molar-refractivity contribution in [2.24, 2.45) is 11.8 Å². The maximum atomic E-state index is 6.28. The van der Waals surface area contributed by atoms with Gasteiger partial charge in [0.1, 0.15) is 11.6 Å². The van der Waals surface area contributed by atoms with Crippen LogP contribution in [0.1, 0.15) is 51.5 Å². The summed E-state index contributed by atoms with van der Waals surface area (Å²) >= 11 is 11.8. The first kappa shape index (κ1) is 24.0. The summed E-state index contributed by atoms with van der Waals surface area (Å²) in [5.41, 5.74) is 1.000. The molecule has 0 amide bonds. The van der Waals surface area contributed by atoms with Gasteiger partial charge >= 0.3 is 0 Å². The van der Waals surface area contributed by atoms with Crippen LogP contribution in [0.3, 0.4) is 0 Å². The minimum Gasteiger partial charge on any atom is -0.358 e. The van der Waals surface area contributed by atoms with Crippen molar-refractivity contribution in [3.8, 4) is 0 Å². The fourth-order valence-electron chi connectivity index (χ4n) is 4.91. The number of rotatable bonds is 5. The molecule has 8 heteroatoms. The Morgan fingerprint density at radius 1 is 1.00 bits per heavy atom. The first-order valence-corrected chi connectivity index (χ1v) is 12.9. The Balaban J connectivity index is 1.53. The van der Waals surface area contributed by atoms with Crippen molar-refractivity contribution in [2.75, 3.05) is 41.3 Å². The van der Waals surface area contributed by atoms with Crippen molar-refractivity contribution >= 4 is 46.5 Å².